The second kappa shape index (κ2) is 7.13. The zero-order chi connectivity index (χ0) is 17.8. The lowest BCUT2D eigenvalue weighted by Crippen LogP contribution is -2.49. The van der Waals surface area contributed by atoms with Crippen molar-refractivity contribution in [1.82, 2.24) is 19.9 Å². The van der Waals surface area contributed by atoms with Crippen LogP contribution in [0.3, 0.4) is 0 Å². The summed E-state index contributed by atoms with van der Waals surface area (Å²) in [7, 11) is 1.56. The average Bonchev–Trinajstić information content (AvgIpc) is 2.67. The number of aromatic nitrogens is 3. The van der Waals surface area contributed by atoms with Crippen LogP contribution in [0.5, 0.6) is 5.88 Å². The first-order valence-corrected chi connectivity index (χ1v) is 7.91. The number of nitrogens with zero attached hydrogens (tertiary/aromatic N) is 6. The molecule has 2 aromatic rings. The van der Waals surface area contributed by atoms with E-state index >= 15 is 0 Å². The van der Waals surface area contributed by atoms with Crippen LogP contribution in [0.1, 0.15) is 21.7 Å². The molecule has 8 heteroatoms. The number of hydrogen-bond donors (Lipinski definition) is 0. The van der Waals surface area contributed by atoms with Crippen molar-refractivity contribution in [3.8, 4) is 11.9 Å². The van der Waals surface area contributed by atoms with Crippen LogP contribution in [0.25, 0.3) is 0 Å². The van der Waals surface area contributed by atoms with Crippen molar-refractivity contribution in [3.05, 3.63) is 41.3 Å². The fourth-order valence-electron chi connectivity index (χ4n) is 2.67. The second-order valence-electron chi connectivity index (χ2n) is 5.62. The van der Waals surface area contributed by atoms with Crippen molar-refractivity contribution < 1.29 is 9.53 Å². The van der Waals surface area contributed by atoms with Crippen LogP contribution < -0.4 is 9.64 Å². The summed E-state index contributed by atoms with van der Waals surface area (Å²) in [6, 6.07) is 6.99. The summed E-state index contributed by atoms with van der Waals surface area (Å²) in [6.07, 6.45) is 1.65. The lowest BCUT2D eigenvalue weighted by molar-refractivity contribution is 0.0740. The summed E-state index contributed by atoms with van der Waals surface area (Å²) < 4.78 is 5.12. The molecule has 1 amide bonds. The Kier molecular flexibility index (Phi) is 4.75. The molecule has 0 N–H and O–H groups in total. The Morgan fingerprint density at radius 1 is 1.20 bits per heavy atom. The molecule has 0 unspecified atom stereocenters. The van der Waals surface area contributed by atoms with Crippen LogP contribution in [0.2, 0.25) is 0 Å². The Balaban J connectivity index is 1.66. The predicted molar refractivity (Wildman–Crippen MR) is 90.4 cm³/mol. The summed E-state index contributed by atoms with van der Waals surface area (Å²) in [5.41, 5.74) is 1.41. The summed E-state index contributed by atoms with van der Waals surface area (Å²) in [5.74, 6) is 0.985. The SMILES string of the molecule is COc1ccnc(N2CCN(C(=O)c3ccc(C#N)c(C)n3)CC2)n1. The molecule has 2 aromatic heterocycles. The smallest absolute Gasteiger partial charge is 0.272 e. The Morgan fingerprint density at radius 2 is 1.96 bits per heavy atom. The summed E-state index contributed by atoms with van der Waals surface area (Å²) in [5, 5.41) is 8.96. The van der Waals surface area contributed by atoms with E-state index in [4.69, 9.17) is 10.00 Å². The minimum atomic E-state index is -0.126. The molecule has 3 rings (SSSR count). The fourth-order valence-corrected chi connectivity index (χ4v) is 2.67. The van der Waals surface area contributed by atoms with Gasteiger partial charge in [-0.25, -0.2) is 9.97 Å². The predicted octanol–water partition coefficient (Wildman–Crippen LogP) is 1.02. The molecule has 0 atom stereocenters. The molecule has 1 aliphatic rings. The number of rotatable bonds is 3. The van der Waals surface area contributed by atoms with Crippen molar-refractivity contribution >= 4 is 11.9 Å². The van der Waals surface area contributed by atoms with E-state index in [-0.39, 0.29) is 5.91 Å². The first-order chi connectivity index (χ1) is 12.1. The minimum Gasteiger partial charge on any atom is -0.481 e. The number of carbonyl (C=O) groups is 1. The lowest BCUT2D eigenvalue weighted by Gasteiger charge is -2.34. The van der Waals surface area contributed by atoms with E-state index in [1.165, 1.54) is 0 Å². The van der Waals surface area contributed by atoms with Gasteiger partial charge in [0.1, 0.15) is 11.8 Å². The van der Waals surface area contributed by atoms with Gasteiger partial charge >= 0.3 is 0 Å². The largest absolute Gasteiger partial charge is 0.481 e. The van der Waals surface area contributed by atoms with Crippen LogP contribution in [-0.2, 0) is 0 Å². The van der Waals surface area contributed by atoms with Crippen molar-refractivity contribution in [1.29, 1.82) is 5.26 Å². The molecule has 128 valence electrons. The molecule has 25 heavy (non-hydrogen) atoms. The van der Waals surface area contributed by atoms with Crippen molar-refractivity contribution in [2.45, 2.75) is 6.92 Å². The highest BCUT2D eigenvalue weighted by molar-refractivity contribution is 5.92. The molecule has 1 aliphatic heterocycles. The zero-order valence-corrected chi connectivity index (χ0v) is 14.1. The quantitative estimate of drug-likeness (QED) is 0.824. The van der Waals surface area contributed by atoms with Gasteiger partial charge in [-0.1, -0.05) is 0 Å². The normalized spacial score (nSPS) is 14.1. The standard InChI is InChI=1S/C17H18N6O2/c1-12-13(11-18)3-4-14(20-12)16(24)22-7-9-23(10-8-22)17-19-6-5-15(21-17)25-2/h3-6H,7-10H2,1-2H3. The van der Waals surface area contributed by atoms with Gasteiger partial charge in [-0.15, -0.1) is 0 Å². The van der Waals surface area contributed by atoms with Crippen LogP contribution in [0.15, 0.2) is 24.4 Å². The van der Waals surface area contributed by atoms with Crippen LogP contribution in [0, 0.1) is 18.3 Å². The first-order valence-electron chi connectivity index (χ1n) is 7.91. The molecule has 1 saturated heterocycles. The molecular formula is C17H18N6O2. The molecule has 0 spiro atoms. The van der Waals surface area contributed by atoms with Crippen molar-refractivity contribution in [2.24, 2.45) is 0 Å². The summed E-state index contributed by atoms with van der Waals surface area (Å²) in [6.45, 7) is 4.11. The van der Waals surface area contributed by atoms with Gasteiger partial charge in [-0.2, -0.15) is 10.2 Å². The Hall–Kier alpha value is -3.21. The topological polar surface area (TPSA) is 95.2 Å². The van der Waals surface area contributed by atoms with E-state index in [9.17, 15) is 4.79 Å². The minimum absolute atomic E-state index is 0.126. The van der Waals surface area contributed by atoms with Gasteiger partial charge in [0.15, 0.2) is 0 Å². The van der Waals surface area contributed by atoms with Gasteiger partial charge in [0.05, 0.1) is 18.4 Å². The number of hydrogen-bond acceptors (Lipinski definition) is 7. The maximum Gasteiger partial charge on any atom is 0.272 e. The molecule has 8 nitrogen and oxygen atoms in total. The van der Waals surface area contributed by atoms with E-state index in [0.717, 1.165) is 0 Å². The molecule has 0 radical (unpaired) electrons. The molecule has 0 aliphatic carbocycles. The number of aryl methyl sites for hydroxylation is 1. The highest BCUT2D eigenvalue weighted by Gasteiger charge is 2.24. The number of piperazine rings is 1. The average molecular weight is 338 g/mol. The third-order valence-electron chi connectivity index (χ3n) is 4.10. The van der Waals surface area contributed by atoms with Gasteiger partial charge in [0.25, 0.3) is 5.91 Å². The monoisotopic (exact) mass is 338 g/mol. The molecule has 0 saturated carbocycles. The van der Waals surface area contributed by atoms with Gasteiger partial charge in [-0.3, -0.25) is 4.79 Å². The Labute approximate surface area is 145 Å². The van der Waals surface area contributed by atoms with E-state index in [1.807, 2.05) is 4.90 Å². The van der Waals surface area contributed by atoms with Crippen molar-refractivity contribution in [3.63, 3.8) is 0 Å². The molecule has 0 bridgehead atoms. The molecule has 0 aromatic carbocycles. The third kappa shape index (κ3) is 3.50. The highest BCUT2D eigenvalue weighted by atomic mass is 16.5. The van der Waals surface area contributed by atoms with Gasteiger partial charge in [0.2, 0.25) is 11.8 Å². The van der Waals surface area contributed by atoms with Gasteiger partial charge in [-0.05, 0) is 19.1 Å². The van der Waals surface area contributed by atoms with Crippen molar-refractivity contribution in [2.75, 3.05) is 38.2 Å². The number of ether oxygens (including phenoxy) is 1. The zero-order valence-electron chi connectivity index (χ0n) is 14.1. The highest BCUT2D eigenvalue weighted by Crippen LogP contribution is 2.16. The maximum absolute atomic E-state index is 12.6. The van der Waals surface area contributed by atoms with Gasteiger partial charge < -0.3 is 14.5 Å². The number of anilines is 1. The van der Waals surface area contributed by atoms with E-state index in [0.29, 0.717) is 55.0 Å². The Bertz CT molecular complexity index is 824. The van der Waals surface area contributed by atoms with E-state index in [1.54, 1.807) is 43.3 Å². The third-order valence-corrected chi connectivity index (χ3v) is 4.10. The number of pyridine rings is 1. The summed E-state index contributed by atoms with van der Waals surface area (Å²) >= 11 is 0. The fraction of sp³-hybridized carbons (Fsp3) is 0.353. The van der Waals surface area contributed by atoms with Crippen LogP contribution in [0.4, 0.5) is 5.95 Å². The molecule has 1 fully saturated rings. The number of nitriles is 1. The maximum atomic E-state index is 12.6. The van der Waals surface area contributed by atoms with Gasteiger partial charge in [0, 0.05) is 38.4 Å². The second-order valence-corrected chi connectivity index (χ2v) is 5.62. The lowest BCUT2D eigenvalue weighted by atomic mass is 10.2. The molecule has 3 heterocycles. The number of methoxy groups -OCH3 is 1. The van der Waals surface area contributed by atoms with Crippen LogP contribution in [-0.4, -0.2) is 59.0 Å². The van der Waals surface area contributed by atoms with Crippen LogP contribution >= 0.6 is 0 Å². The molecular weight excluding hydrogens is 320 g/mol. The number of amides is 1. The Morgan fingerprint density at radius 3 is 2.60 bits per heavy atom. The number of carbonyl (C=O) groups excluding carboxylic acids is 1. The first kappa shape index (κ1) is 16.6. The van der Waals surface area contributed by atoms with E-state index < -0.39 is 0 Å². The van der Waals surface area contributed by atoms with E-state index in [2.05, 4.69) is 21.0 Å². The summed E-state index contributed by atoms with van der Waals surface area (Å²) in [4.78, 5) is 29.2.